The minimum Gasteiger partial charge on any atom is -0.497 e. The van der Waals surface area contributed by atoms with Crippen molar-refractivity contribution in [2.75, 3.05) is 32.0 Å². The second kappa shape index (κ2) is 16.0. The van der Waals surface area contributed by atoms with Gasteiger partial charge in [0.05, 0.1) is 26.6 Å². The van der Waals surface area contributed by atoms with E-state index in [2.05, 4.69) is 16.0 Å². The minimum atomic E-state index is -0.529. The summed E-state index contributed by atoms with van der Waals surface area (Å²) in [6, 6.07) is 28.2. The first-order chi connectivity index (χ1) is 21.8. The molecule has 0 radical (unpaired) electrons. The Kier molecular flexibility index (Phi) is 11.6. The van der Waals surface area contributed by atoms with Crippen molar-refractivity contribution in [3.63, 3.8) is 0 Å². The van der Waals surface area contributed by atoms with E-state index in [9.17, 15) is 14.4 Å². The molecule has 0 aromatic heterocycles. The number of benzene rings is 4. The van der Waals surface area contributed by atoms with E-state index in [0.717, 1.165) is 4.90 Å². The molecule has 3 amide bonds. The van der Waals surface area contributed by atoms with Gasteiger partial charge in [-0.1, -0.05) is 43.3 Å². The van der Waals surface area contributed by atoms with E-state index in [4.69, 9.17) is 14.2 Å². The van der Waals surface area contributed by atoms with Crippen LogP contribution in [0.5, 0.6) is 17.2 Å². The summed E-state index contributed by atoms with van der Waals surface area (Å²) in [5, 5.41) is 8.18. The second-order valence-electron chi connectivity index (χ2n) is 9.71. The van der Waals surface area contributed by atoms with Crippen LogP contribution < -0.4 is 30.2 Å². The summed E-state index contributed by atoms with van der Waals surface area (Å²) in [6.07, 6.45) is 2.15. The summed E-state index contributed by atoms with van der Waals surface area (Å²) >= 11 is 1.39. The summed E-state index contributed by atoms with van der Waals surface area (Å²) in [5.74, 6) is 0.552. The lowest BCUT2D eigenvalue weighted by Crippen LogP contribution is -2.30. The standard InChI is InChI=1S/C35H35N3O6S/c1-5-32(35(41)37-25-13-9-15-27(21-25)42-2)45-28-16-10-14-26(22-28)36-34(40)29(38-33(39)24-11-7-6-8-12-24)19-23-17-18-30(43-3)31(20-23)44-4/h6-22,32H,5H2,1-4H3,(H,36,40)(H,37,41)(H,38,39)/b29-19+. The van der Waals surface area contributed by atoms with E-state index >= 15 is 0 Å². The van der Waals surface area contributed by atoms with Gasteiger partial charge in [-0.2, -0.15) is 0 Å². The molecule has 10 heteroatoms. The Morgan fingerprint density at radius 3 is 2.16 bits per heavy atom. The number of rotatable bonds is 13. The van der Waals surface area contributed by atoms with Crippen molar-refractivity contribution < 1.29 is 28.6 Å². The van der Waals surface area contributed by atoms with Gasteiger partial charge in [0.15, 0.2) is 11.5 Å². The highest BCUT2D eigenvalue weighted by atomic mass is 32.2. The van der Waals surface area contributed by atoms with Gasteiger partial charge in [0.2, 0.25) is 5.91 Å². The molecule has 0 saturated carbocycles. The summed E-state index contributed by atoms with van der Waals surface area (Å²) < 4.78 is 16.0. The highest BCUT2D eigenvalue weighted by Gasteiger charge is 2.20. The minimum absolute atomic E-state index is 0.0261. The zero-order valence-electron chi connectivity index (χ0n) is 25.5. The third-order valence-corrected chi connectivity index (χ3v) is 7.98. The quantitative estimate of drug-likeness (QED) is 0.113. The predicted molar refractivity (Wildman–Crippen MR) is 178 cm³/mol. The number of carbonyl (C=O) groups is 3. The summed E-state index contributed by atoms with van der Waals surface area (Å²) in [5.41, 5.74) is 2.19. The molecule has 0 aliphatic heterocycles. The lowest BCUT2D eigenvalue weighted by Gasteiger charge is -2.16. The van der Waals surface area contributed by atoms with E-state index in [1.807, 2.05) is 25.1 Å². The normalized spacial score (nSPS) is 11.6. The third kappa shape index (κ3) is 9.14. The van der Waals surface area contributed by atoms with E-state index in [1.54, 1.807) is 92.0 Å². The van der Waals surface area contributed by atoms with Crippen LogP contribution in [0.1, 0.15) is 29.3 Å². The molecule has 9 nitrogen and oxygen atoms in total. The predicted octanol–water partition coefficient (Wildman–Crippen LogP) is 6.63. The lowest BCUT2D eigenvalue weighted by molar-refractivity contribution is -0.116. The Hall–Kier alpha value is -5.22. The maximum absolute atomic E-state index is 13.6. The van der Waals surface area contributed by atoms with Gasteiger partial charge in [0, 0.05) is 27.9 Å². The number of thioether (sulfide) groups is 1. The Bertz CT molecular complexity index is 1680. The van der Waals surface area contributed by atoms with Crippen LogP contribution in [0, 0.1) is 0 Å². The fourth-order valence-electron chi connectivity index (χ4n) is 4.31. The van der Waals surface area contributed by atoms with Gasteiger partial charge in [-0.05, 0) is 72.7 Å². The molecule has 0 heterocycles. The monoisotopic (exact) mass is 625 g/mol. The van der Waals surface area contributed by atoms with Crippen molar-refractivity contribution in [2.24, 2.45) is 0 Å². The fraction of sp³-hybridized carbons (Fsp3) is 0.171. The number of amides is 3. The van der Waals surface area contributed by atoms with E-state index in [0.29, 0.717) is 46.2 Å². The van der Waals surface area contributed by atoms with Crippen LogP contribution in [0.4, 0.5) is 11.4 Å². The molecule has 0 fully saturated rings. The Labute approximate surface area is 267 Å². The molecule has 1 atom stereocenters. The molecular weight excluding hydrogens is 590 g/mol. The number of methoxy groups -OCH3 is 3. The van der Waals surface area contributed by atoms with Crippen LogP contribution in [0.3, 0.4) is 0 Å². The van der Waals surface area contributed by atoms with Gasteiger partial charge in [-0.25, -0.2) is 0 Å². The molecule has 4 aromatic rings. The van der Waals surface area contributed by atoms with Gasteiger partial charge in [-0.15, -0.1) is 11.8 Å². The molecule has 4 rings (SSSR count). The maximum atomic E-state index is 13.6. The summed E-state index contributed by atoms with van der Waals surface area (Å²) in [4.78, 5) is 40.5. The van der Waals surface area contributed by atoms with Crippen molar-refractivity contribution in [1.29, 1.82) is 0 Å². The van der Waals surface area contributed by atoms with Crippen LogP contribution >= 0.6 is 11.8 Å². The zero-order chi connectivity index (χ0) is 32.2. The van der Waals surface area contributed by atoms with Crippen molar-refractivity contribution in [3.05, 3.63) is 114 Å². The number of hydrogen-bond donors (Lipinski definition) is 3. The Balaban J connectivity index is 1.53. The van der Waals surface area contributed by atoms with Crippen LogP contribution in [-0.4, -0.2) is 44.3 Å². The number of carbonyl (C=O) groups excluding carboxylic acids is 3. The Morgan fingerprint density at radius 2 is 1.47 bits per heavy atom. The van der Waals surface area contributed by atoms with Crippen LogP contribution in [0.25, 0.3) is 6.08 Å². The SMILES string of the molecule is CCC(Sc1cccc(NC(=O)/C(=C\c2ccc(OC)c(OC)c2)NC(=O)c2ccccc2)c1)C(=O)Nc1cccc(OC)c1. The molecule has 4 aromatic carbocycles. The van der Waals surface area contributed by atoms with Crippen LogP contribution in [0.2, 0.25) is 0 Å². The average molecular weight is 626 g/mol. The highest BCUT2D eigenvalue weighted by Crippen LogP contribution is 2.30. The number of ether oxygens (including phenoxy) is 3. The molecule has 232 valence electrons. The molecule has 0 saturated heterocycles. The van der Waals surface area contributed by atoms with Crippen molar-refractivity contribution in [1.82, 2.24) is 5.32 Å². The summed E-state index contributed by atoms with van der Waals surface area (Å²) in [6.45, 7) is 1.94. The molecule has 45 heavy (non-hydrogen) atoms. The molecular formula is C35H35N3O6S. The smallest absolute Gasteiger partial charge is 0.272 e. The van der Waals surface area contributed by atoms with Crippen molar-refractivity contribution in [3.8, 4) is 17.2 Å². The van der Waals surface area contributed by atoms with Gasteiger partial charge in [0.1, 0.15) is 11.4 Å². The third-order valence-electron chi connectivity index (χ3n) is 6.62. The number of nitrogens with one attached hydrogen (secondary N) is 3. The van der Waals surface area contributed by atoms with Gasteiger partial charge >= 0.3 is 0 Å². The topological polar surface area (TPSA) is 115 Å². The number of anilines is 2. The largest absolute Gasteiger partial charge is 0.497 e. The first-order valence-electron chi connectivity index (χ1n) is 14.2. The molecule has 0 bridgehead atoms. The van der Waals surface area contributed by atoms with Crippen molar-refractivity contribution in [2.45, 2.75) is 23.5 Å². The average Bonchev–Trinajstić information content (AvgIpc) is 3.07. The molecule has 0 aliphatic carbocycles. The van der Waals surface area contributed by atoms with E-state index in [1.165, 1.54) is 26.0 Å². The first-order valence-corrected chi connectivity index (χ1v) is 15.0. The first kappa shape index (κ1) is 32.7. The van der Waals surface area contributed by atoms with Crippen LogP contribution in [0.15, 0.2) is 108 Å². The lowest BCUT2D eigenvalue weighted by atomic mass is 10.1. The van der Waals surface area contributed by atoms with Crippen molar-refractivity contribution >= 4 is 46.9 Å². The molecule has 1 unspecified atom stereocenters. The molecule has 3 N–H and O–H groups in total. The van der Waals surface area contributed by atoms with Gasteiger partial charge in [-0.3, -0.25) is 14.4 Å². The maximum Gasteiger partial charge on any atom is 0.272 e. The van der Waals surface area contributed by atoms with E-state index in [-0.39, 0.29) is 16.9 Å². The Morgan fingerprint density at radius 1 is 0.756 bits per heavy atom. The molecule has 0 aliphatic rings. The number of hydrogen-bond acceptors (Lipinski definition) is 7. The van der Waals surface area contributed by atoms with Gasteiger partial charge in [0.25, 0.3) is 11.8 Å². The van der Waals surface area contributed by atoms with E-state index < -0.39 is 11.8 Å². The van der Waals surface area contributed by atoms with Gasteiger partial charge < -0.3 is 30.2 Å². The zero-order valence-corrected chi connectivity index (χ0v) is 26.3. The second-order valence-corrected chi connectivity index (χ2v) is 11.0. The highest BCUT2D eigenvalue weighted by molar-refractivity contribution is 8.00. The summed E-state index contributed by atoms with van der Waals surface area (Å²) in [7, 11) is 4.63. The van der Waals surface area contributed by atoms with Crippen LogP contribution in [-0.2, 0) is 9.59 Å². The fourth-order valence-corrected chi connectivity index (χ4v) is 5.32. The molecule has 0 spiro atoms.